The molecule has 0 unspecified atom stereocenters. The van der Waals surface area contributed by atoms with E-state index >= 15 is 0 Å². The summed E-state index contributed by atoms with van der Waals surface area (Å²) in [5.74, 6) is 2.48. The van der Waals surface area contributed by atoms with Crippen molar-refractivity contribution in [3.05, 3.63) is 54.0 Å². The van der Waals surface area contributed by atoms with Crippen LogP contribution in [0.25, 0.3) is 0 Å². The van der Waals surface area contributed by atoms with Gasteiger partial charge >= 0.3 is 0 Å². The van der Waals surface area contributed by atoms with Crippen LogP contribution in [-0.2, 0) is 11.3 Å². The minimum atomic E-state index is 0.124. The number of amides is 1. The lowest BCUT2D eigenvalue weighted by molar-refractivity contribution is -0.134. The SMILES string of the molecule is COc1ccc([C@H]2C[C@H]2C(=O)N(Cc2ccco2)C2CC2)cc1. The molecule has 2 aliphatic rings. The third-order valence-corrected chi connectivity index (χ3v) is 4.83. The smallest absolute Gasteiger partial charge is 0.226 e. The van der Waals surface area contributed by atoms with Gasteiger partial charge in [0, 0.05) is 12.0 Å². The summed E-state index contributed by atoms with van der Waals surface area (Å²) >= 11 is 0. The zero-order valence-corrected chi connectivity index (χ0v) is 13.3. The van der Waals surface area contributed by atoms with E-state index in [9.17, 15) is 4.79 Å². The van der Waals surface area contributed by atoms with Crippen molar-refractivity contribution in [2.75, 3.05) is 7.11 Å². The van der Waals surface area contributed by atoms with Crippen LogP contribution >= 0.6 is 0 Å². The highest BCUT2D eigenvalue weighted by atomic mass is 16.5. The van der Waals surface area contributed by atoms with Crippen LogP contribution < -0.4 is 4.74 Å². The van der Waals surface area contributed by atoms with Crippen LogP contribution in [0.15, 0.2) is 47.1 Å². The summed E-state index contributed by atoms with van der Waals surface area (Å²) in [6.07, 6.45) is 4.85. The Morgan fingerprint density at radius 2 is 2.04 bits per heavy atom. The molecule has 1 amide bonds. The van der Waals surface area contributed by atoms with Crippen molar-refractivity contribution in [3.63, 3.8) is 0 Å². The minimum absolute atomic E-state index is 0.124. The zero-order chi connectivity index (χ0) is 15.8. The Labute approximate surface area is 136 Å². The van der Waals surface area contributed by atoms with E-state index in [1.165, 1.54) is 5.56 Å². The number of ether oxygens (including phenoxy) is 1. The van der Waals surface area contributed by atoms with Crippen molar-refractivity contribution in [3.8, 4) is 5.75 Å². The molecule has 4 heteroatoms. The van der Waals surface area contributed by atoms with Crippen LogP contribution in [0.5, 0.6) is 5.75 Å². The molecular weight excluding hydrogens is 290 g/mol. The van der Waals surface area contributed by atoms with Gasteiger partial charge in [-0.15, -0.1) is 0 Å². The van der Waals surface area contributed by atoms with Gasteiger partial charge in [0.15, 0.2) is 0 Å². The van der Waals surface area contributed by atoms with Gasteiger partial charge in [0.2, 0.25) is 5.91 Å². The Bertz CT molecular complexity index is 673. The molecule has 0 N–H and O–H groups in total. The van der Waals surface area contributed by atoms with Crippen LogP contribution in [-0.4, -0.2) is 24.0 Å². The second-order valence-corrected chi connectivity index (χ2v) is 6.50. The molecule has 2 aromatic rings. The summed E-state index contributed by atoms with van der Waals surface area (Å²) < 4.78 is 10.6. The van der Waals surface area contributed by atoms with E-state index in [0.717, 1.165) is 30.8 Å². The number of hydrogen-bond donors (Lipinski definition) is 0. The van der Waals surface area contributed by atoms with Gasteiger partial charge in [-0.2, -0.15) is 0 Å². The van der Waals surface area contributed by atoms with E-state index in [-0.39, 0.29) is 11.8 Å². The number of carbonyl (C=O) groups excluding carboxylic acids is 1. The van der Waals surface area contributed by atoms with Crippen molar-refractivity contribution in [2.45, 2.75) is 37.8 Å². The molecule has 4 nitrogen and oxygen atoms in total. The second kappa shape index (κ2) is 5.76. The van der Waals surface area contributed by atoms with Gasteiger partial charge in [-0.25, -0.2) is 0 Å². The second-order valence-electron chi connectivity index (χ2n) is 6.50. The number of furan rings is 1. The van der Waals surface area contributed by atoms with Crippen molar-refractivity contribution in [2.24, 2.45) is 5.92 Å². The summed E-state index contributed by atoms with van der Waals surface area (Å²) in [6.45, 7) is 0.600. The maximum absolute atomic E-state index is 12.9. The van der Waals surface area contributed by atoms with Gasteiger partial charge in [0.05, 0.1) is 19.9 Å². The van der Waals surface area contributed by atoms with Gasteiger partial charge in [-0.3, -0.25) is 4.79 Å². The molecule has 0 saturated heterocycles. The van der Waals surface area contributed by atoms with Crippen LogP contribution in [0.4, 0.5) is 0 Å². The van der Waals surface area contributed by atoms with Crippen molar-refractivity contribution >= 4 is 5.91 Å². The highest BCUT2D eigenvalue weighted by Crippen LogP contribution is 2.49. The third-order valence-electron chi connectivity index (χ3n) is 4.83. The normalized spacial score (nSPS) is 22.7. The average molecular weight is 311 g/mol. The molecule has 0 radical (unpaired) electrons. The van der Waals surface area contributed by atoms with Crippen molar-refractivity contribution < 1.29 is 13.9 Å². The largest absolute Gasteiger partial charge is 0.497 e. The minimum Gasteiger partial charge on any atom is -0.497 e. The van der Waals surface area contributed by atoms with Crippen molar-refractivity contribution in [1.82, 2.24) is 4.90 Å². The highest BCUT2D eigenvalue weighted by molar-refractivity contribution is 5.83. The number of rotatable bonds is 6. The van der Waals surface area contributed by atoms with Gasteiger partial charge in [-0.1, -0.05) is 12.1 Å². The third kappa shape index (κ3) is 2.98. The lowest BCUT2D eigenvalue weighted by atomic mass is 10.1. The first-order chi connectivity index (χ1) is 11.3. The quantitative estimate of drug-likeness (QED) is 0.819. The molecule has 2 saturated carbocycles. The molecule has 2 aliphatic carbocycles. The summed E-state index contributed by atoms with van der Waals surface area (Å²) in [5.41, 5.74) is 1.23. The highest BCUT2D eigenvalue weighted by Gasteiger charge is 2.48. The standard InChI is InChI=1S/C19H21NO3/c1-22-15-8-4-13(5-9-15)17-11-18(17)19(21)20(14-6-7-14)12-16-3-2-10-23-16/h2-5,8-10,14,17-18H,6-7,11-12H2,1H3/t17-,18-/m1/s1. The molecule has 4 rings (SSSR count). The van der Waals surface area contributed by atoms with E-state index in [4.69, 9.17) is 9.15 Å². The molecule has 0 spiro atoms. The molecule has 1 aromatic heterocycles. The van der Waals surface area contributed by atoms with Crippen LogP contribution in [0.3, 0.4) is 0 Å². The Morgan fingerprint density at radius 3 is 2.65 bits per heavy atom. The van der Waals surface area contributed by atoms with Gasteiger partial charge in [0.1, 0.15) is 11.5 Å². The van der Waals surface area contributed by atoms with E-state index in [1.807, 2.05) is 29.2 Å². The van der Waals surface area contributed by atoms with E-state index in [2.05, 4.69) is 12.1 Å². The molecular formula is C19H21NO3. The number of benzene rings is 1. The molecule has 1 aromatic carbocycles. The summed E-state index contributed by atoms with van der Waals surface area (Å²) in [7, 11) is 1.67. The molecule has 0 bridgehead atoms. The maximum atomic E-state index is 12.9. The predicted octanol–water partition coefficient (Wildman–Crippen LogP) is 3.58. The molecule has 23 heavy (non-hydrogen) atoms. The first-order valence-electron chi connectivity index (χ1n) is 8.23. The van der Waals surface area contributed by atoms with Gasteiger partial charge in [0.25, 0.3) is 0 Å². The molecule has 0 aliphatic heterocycles. The lowest BCUT2D eigenvalue weighted by Crippen LogP contribution is -2.34. The average Bonchev–Trinajstić information content (AvgIpc) is 3.51. The Morgan fingerprint density at radius 1 is 1.26 bits per heavy atom. The first kappa shape index (κ1) is 14.4. The Kier molecular flexibility index (Phi) is 3.60. The number of methoxy groups -OCH3 is 1. The molecule has 120 valence electrons. The molecule has 2 fully saturated rings. The monoisotopic (exact) mass is 311 g/mol. The van der Waals surface area contributed by atoms with Crippen LogP contribution in [0, 0.1) is 5.92 Å². The van der Waals surface area contributed by atoms with E-state index < -0.39 is 0 Å². The van der Waals surface area contributed by atoms with Gasteiger partial charge in [-0.05, 0) is 55.0 Å². The van der Waals surface area contributed by atoms with E-state index in [0.29, 0.717) is 18.5 Å². The number of nitrogens with zero attached hydrogens (tertiary/aromatic N) is 1. The van der Waals surface area contributed by atoms with Crippen molar-refractivity contribution in [1.29, 1.82) is 0 Å². The fraction of sp³-hybridized carbons (Fsp3) is 0.421. The zero-order valence-electron chi connectivity index (χ0n) is 13.3. The Balaban J connectivity index is 1.43. The van der Waals surface area contributed by atoms with E-state index in [1.54, 1.807) is 13.4 Å². The number of hydrogen-bond acceptors (Lipinski definition) is 3. The van der Waals surface area contributed by atoms with Gasteiger partial charge < -0.3 is 14.1 Å². The van der Waals surface area contributed by atoms with Crippen LogP contribution in [0.2, 0.25) is 0 Å². The number of carbonyl (C=O) groups is 1. The Hall–Kier alpha value is -2.23. The molecule has 1 heterocycles. The summed E-state index contributed by atoms with van der Waals surface area (Å²) in [6, 6.07) is 12.3. The summed E-state index contributed by atoms with van der Waals surface area (Å²) in [5, 5.41) is 0. The van der Waals surface area contributed by atoms with Crippen LogP contribution in [0.1, 0.15) is 36.5 Å². The fourth-order valence-corrected chi connectivity index (χ4v) is 3.24. The maximum Gasteiger partial charge on any atom is 0.226 e. The topological polar surface area (TPSA) is 42.7 Å². The first-order valence-corrected chi connectivity index (χ1v) is 8.23. The predicted molar refractivity (Wildman–Crippen MR) is 86.1 cm³/mol. The molecule has 2 atom stereocenters. The summed E-state index contributed by atoms with van der Waals surface area (Å²) in [4.78, 5) is 14.9. The fourth-order valence-electron chi connectivity index (χ4n) is 3.24. The lowest BCUT2D eigenvalue weighted by Gasteiger charge is -2.21.